The van der Waals surface area contributed by atoms with E-state index in [2.05, 4.69) is 5.32 Å². The number of nitrogens with one attached hydrogen (secondary N) is 1. The zero-order valence-corrected chi connectivity index (χ0v) is 17.6. The first-order valence-corrected chi connectivity index (χ1v) is 9.84. The monoisotopic (exact) mass is 410 g/mol. The lowest BCUT2D eigenvalue weighted by atomic mass is 10.0. The van der Waals surface area contributed by atoms with E-state index in [1.165, 1.54) is 4.90 Å². The molecule has 1 N–H and O–H groups in total. The molecule has 2 amide bonds. The number of esters is 1. The normalized spacial score (nSPS) is 14.7. The van der Waals surface area contributed by atoms with E-state index in [-0.39, 0.29) is 24.5 Å². The topological polar surface area (TPSA) is 84.9 Å². The molecule has 0 saturated heterocycles. The fraction of sp³-hybridized carbons (Fsp3) is 0.348. The number of anilines is 1. The predicted molar refractivity (Wildman–Crippen MR) is 112 cm³/mol. The van der Waals surface area contributed by atoms with Crippen molar-refractivity contribution < 1.29 is 23.9 Å². The van der Waals surface area contributed by atoms with Gasteiger partial charge in [0.15, 0.2) is 5.60 Å². The van der Waals surface area contributed by atoms with Crippen LogP contribution in [0.4, 0.5) is 5.69 Å². The van der Waals surface area contributed by atoms with Crippen molar-refractivity contribution in [1.29, 1.82) is 0 Å². The van der Waals surface area contributed by atoms with Gasteiger partial charge in [0.1, 0.15) is 12.3 Å². The van der Waals surface area contributed by atoms with Gasteiger partial charge in [0.25, 0.3) is 11.8 Å². The zero-order valence-electron chi connectivity index (χ0n) is 17.6. The van der Waals surface area contributed by atoms with Gasteiger partial charge in [-0.1, -0.05) is 30.3 Å². The minimum absolute atomic E-state index is 0.258. The van der Waals surface area contributed by atoms with Crippen LogP contribution in [0.2, 0.25) is 0 Å². The predicted octanol–water partition coefficient (Wildman–Crippen LogP) is 3.07. The van der Waals surface area contributed by atoms with Crippen LogP contribution in [-0.2, 0) is 20.9 Å². The van der Waals surface area contributed by atoms with E-state index in [4.69, 9.17) is 9.47 Å². The van der Waals surface area contributed by atoms with Gasteiger partial charge in [-0.05, 0) is 51.5 Å². The Kier molecular flexibility index (Phi) is 6.10. The highest BCUT2D eigenvalue weighted by atomic mass is 16.5. The maximum atomic E-state index is 12.9. The third-order valence-electron chi connectivity index (χ3n) is 4.59. The van der Waals surface area contributed by atoms with Crippen LogP contribution in [0.1, 0.15) is 43.6 Å². The van der Waals surface area contributed by atoms with Crippen molar-refractivity contribution in [3.63, 3.8) is 0 Å². The fourth-order valence-electron chi connectivity index (χ4n) is 3.18. The molecule has 0 aromatic heterocycles. The average Bonchev–Trinajstić information content (AvgIpc) is 2.69. The maximum absolute atomic E-state index is 12.9. The molecule has 7 nitrogen and oxygen atoms in total. The van der Waals surface area contributed by atoms with Gasteiger partial charge in [0.2, 0.25) is 0 Å². The number of benzene rings is 2. The minimum Gasteiger partial charge on any atom is -0.476 e. The highest BCUT2D eigenvalue weighted by molar-refractivity contribution is 6.06. The molecule has 1 heterocycles. The van der Waals surface area contributed by atoms with E-state index >= 15 is 0 Å². The summed E-state index contributed by atoms with van der Waals surface area (Å²) in [7, 11) is 0. The molecule has 0 bridgehead atoms. The van der Waals surface area contributed by atoms with E-state index < -0.39 is 11.6 Å². The van der Waals surface area contributed by atoms with Gasteiger partial charge in [-0.15, -0.1) is 0 Å². The molecule has 1 aliphatic rings. The van der Waals surface area contributed by atoms with Gasteiger partial charge in [0.05, 0.1) is 11.8 Å². The second kappa shape index (κ2) is 8.57. The van der Waals surface area contributed by atoms with Crippen molar-refractivity contribution in [3.8, 4) is 5.75 Å². The van der Waals surface area contributed by atoms with Gasteiger partial charge in [-0.2, -0.15) is 0 Å². The van der Waals surface area contributed by atoms with Crippen molar-refractivity contribution in [2.24, 2.45) is 0 Å². The molecule has 0 unspecified atom stereocenters. The van der Waals surface area contributed by atoms with Gasteiger partial charge in [0, 0.05) is 12.1 Å². The molecule has 3 rings (SSSR count). The number of amides is 2. The lowest BCUT2D eigenvalue weighted by molar-refractivity contribution is -0.147. The molecule has 7 heteroatoms. The molecule has 1 aliphatic heterocycles. The Balaban J connectivity index is 1.84. The molecular formula is C23H26N2O5. The Morgan fingerprint density at radius 2 is 1.83 bits per heavy atom. The van der Waals surface area contributed by atoms with Crippen molar-refractivity contribution in [1.82, 2.24) is 5.32 Å². The van der Waals surface area contributed by atoms with E-state index in [9.17, 15) is 14.4 Å². The van der Waals surface area contributed by atoms with Crippen molar-refractivity contribution >= 4 is 23.5 Å². The minimum atomic E-state index is -1.14. The maximum Gasteiger partial charge on any atom is 0.326 e. The summed E-state index contributed by atoms with van der Waals surface area (Å²) in [6.07, 6.45) is -0.295. The van der Waals surface area contributed by atoms with Crippen LogP contribution >= 0.6 is 0 Å². The first-order chi connectivity index (χ1) is 14.2. The van der Waals surface area contributed by atoms with Crippen LogP contribution in [-0.4, -0.2) is 36.0 Å². The van der Waals surface area contributed by atoms with Gasteiger partial charge in [-0.3, -0.25) is 19.3 Å². The smallest absolute Gasteiger partial charge is 0.326 e. The summed E-state index contributed by atoms with van der Waals surface area (Å²) in [6.45, 7) is 6.88. The second-order valence-corrected chi connectivity index (χ2v) is 7.89. The summed E-state index contributed by atoms with van der Waals surface area (Å²) < 4.78 is 11.0. The van der Waals surface area contributed by atoms with Crippen LogP contribution < -0.4 is 15.0 Å². The SMILES string of the molecule is CC(C)OC(=O)CN1C(=O)C(C)(C)Oc2ccc(C(=O)NCc3ccccc3)cc21. The Labute approximate surface area is 176 Å². The highest BCUT2D eigenvalue weighted by Gasteiger charge is 2.42. The molecule has 0 aliphatic carbocycles. The Morgan fingerprint density at radius 3 is 2.50 bits per heavy atom. The quantitative estimate of drug-likeness (QED) is 0.740. The third-order valence-corrected chi connectivity index (χ3v) is 4.59. The Morgan fingerprint density at radius 1 is 1.13 bits per heavy atom. The van der Waals surface area contributed by atoms with Crippen molar-refractivity contribution in [2.75, 3.05) is 11.4 Å². The van der Waals surface area contributed by atoms with Crippen LogP contribution in [0.5, 0.6) is 5.75 Å². The summed E-state index contributed by atoms with van der Waals surface area (Å²) in [4.78, 5) is 39.1. The molecule has 0 fully saturated rings. The number of ether oxygens (including phenoxy) is 2. The van der Waals surface area contributed by atoms with E-state index in [0.29, 0.717) is 23.5 Å². The molecule has 0 saturated carbocycles. The second-order valence-electron chi connectivity index (χ2n) is 7.89. The molecule has 0 radical (unpaired) electrons. The first-order valence-electron chi connectivity index (χ1n) is 9.84. The van der Waals surface area contributed by atoms with Crippen LogP contribution in [0, 0.1) is 0 Å². The summed E-state index contributed by atoms with van der Waals surface area (Å²) in [5.74, 6) is -0.765. The third kappa shape index (κ3) is 4.79. The summed E-state index contributed by atoms with van der Waals surface area (Å²) in [6, 6.07) is 14.4. The lowest BCUT2D eigenvalue weighted by Gasteiger charge is -2.38. The van der Waals surface area contributed by atoms with Gasteiger partial charge in [-0.25, -0.2) is 0 Å². The Bertz CT molecular complexity index is 953. The van der Waals surface area contributed by atoms with E-state index in [1.807, 2.05) is 30.3 Å². The van der Waals surface area contributed by atoms with Crippen LogP contribution in [0.3, 0.4) is 0 Å². The summed E-state index contributed by atoms with van der Waals surface area (Å²) in [5.41, 5.74) is 0.569. The van der Waals surface area contributed by atoms with Gasteiger partial charge >= 0.3 is 5.97 Å². The molecular weight excluding hydrogens is 384 g/mol. The number of rotatable bonds is 6. The molecule has 2 aromatic rings. The molecule has 2 aromatic carbocycles. The number of hydrogen-bond acceptors (Lipinski definition) is 5. The first kappa shape index (κ1) is 21.4. The van der Waals surface area contributed by atoms with E-state index in [1.54, 1.807) is 45.9 Å². The number of hydrogen-bond donors (Lipinski definition) is 1. The standard InChI is InChI=1S/C23H26N2O5/c1-15(2)29-20(26)14-25-18-12-17(10-11-19(18)30-23(3,4)22(25)28)21(27)24-13-16-8-6-5-7-9-16/h5-12,15H,13-14H2,1-4H3,(H,24,27). The molecule has 0 atom stereocenters. The highest BCUT2D eigenvalue weighted by Crippen LogP contribution is 2.38. The largest absolute Gasteiger partial charge is 0.476 e. The molecule has 0 spiro atoms. The van der Waals surface area contributed by atoms with Gasteiger partial charge < -0.3 is 14.8 Å². The zero-order chi connectivity index (χ0) is 21.9. The van der Waals surface area contributed by atoms with Crippen molar-refractivity contribution in [2.45, 2.75) is 45.9 Å². The average molecular weight is 410 g/mol. The summed E-state index contributed by atoms with van der Waals surface area (Å²) in [5, 5.41) is 2.86. The number of carbonyl (C=O) groups is 3. The lowest BCUT2D eigenvalue weighted by Crippen LogP contribution is -2.54. The number of fused-ring (bicyclic) bond motifs is 1. The number of nitrogens with zero attached hydrogens (tertiary/aromatic N) is 1. The Hall–Kier alpha value is -3.35. The fourth-order valence-corrected chi connectivity index (χ4v) is 3.18. The number of carbonyl (C=O) groups excluding carboxylic acids is 3. The van der Waals surface area contributed by atoms with Crippen molar-refractivity contribution in [3.05, 3.63) is 59.7 Å². The van der Waals surface area contributed by atoms with Crippen LogP contribution in [0.25, 0.3) is 0 Å². The summed E-state index contributed by atoms with van der Waals surface area (Å²) >= 11 is 0. The molecule has 30 heavy (non-hydrogen) atoms. The molecule has 158 valence electrons. The van der Waals surface area contributed by atoms with E-state index in [0.717, 1.165) is 5.56 Å². The van der Waals surface area contributed by atoms with Crippen LogP contribution in [0.15, 0.2) is 48.5 Å².